The first-order chi connectivity index (χ1) is 5.72. The summed E-state index contributed by atoms with van der Waals surface area (Å²) in [5, 5.41) is 10.1. The predicted molar refractivity (Wildman–Crippen MR) is 46.3 cm³/mol. The van der Waals surface area contributed by atoms with E-state index < -0.39 is 0 Å². The van der Waals surface area contributed by atoms with Gasteiger partial charge in [-0.15, -0.1) is 0 Å². The highest BCUT2D eigenvalue weighted by Crippen LogP contribution is 1.59. The minimum Gasteiger partial charge on any atom is -0.376 e. The highest BCUT2D eigenvalue weighted by molar-refractivity contribution is 5.86. The fourth-order valence-corrected chi connectivity index (χ4v) is 0.229. The second-order valence-corrected chi connectivity index (χ2v) is 1.57. The largest absolute Gasteiger partial charge is 0.376 e. The number of carbonyl (C=O) groups excluding carboxylic acids is 2. The minimum absolute atomic E-state index is 0.329. The van der Waals surface area contributed by atoms with Gasteiger partial charge in [-0.3, -0.25) is 9.59 Å². The standard InChI is InChI=1S/C4H7NO2.C4H6O/c1-2-4(7)5-3-6;1-2-3-4-5/h2,6H,1,3H2,(H,5,7);2-4H,1H3. The van der Waals surface area contributed by atoms with Crippen molar-refractivity contribution < 1.29 is 14.7 Å². The summed E-state index contributed by atoms with van der Waals surface area (Å²) in [6, 6.07) is 0. The van der Waals surface area contributed by atoms with Crippen LogP contribution >= 0.6 is 0 Å². The number of hydrogen-bond acceptors (Lipinski definition) is 3. The number of nitrogens with one attached hydrogen (secondary N) is 1. The molecule has 0 spiro atoms. The van der Waals surface area contributed by atoms with Crippen LogP contribution in [0.5, 0.6) is 0 Å². The van der Waals surface area contributed by atoms with E-state index in [-0.39, 0.29) is 12.6 Å². The molecule has 0 saturated heterocycles. The molecule has 0 saturated carbocycles. The maximum atomic E-state index is 10.0. The molecule has 0 aliphatic carbocycles. The van der Waals surface area contributed by atoms with Gasteiger partial charge in [0, 0.05) is 0 Å². The molecule has 68 valence electrons. The molecular weight excluding hydrogens is 158 g/mol. The third kappa shape index (κ3) is 15.8. The number of carbonyl (C=O) groups is 2. The van der Waals surface area contributed by atoms with E-state index in [9.17, 15) is 9.59 Å². The Hall–Kier alpha value is -1.42. The summed E-state index contributed by atoms with van der Waals surface area (Å²) in [5.74, 6) is -0.359. The monoisotopic (exact) mass is 171 g/mol. The molecule has 4 heteroatoms. The lowest BCUT2D eigenvalue weighted by Gasteiger charge is -1.89. The van der Waals surface area contributed by atoms with E-state index in [1.54, 1.807) is 13.0 Å². The van der Waals surface area contributed by atoms with E-state index in [4.69, 9.17) is 5.11 Å². The average Bonchev–Trinajstić information content (AvgIpc) is 2.07. The van der Waals surface area contributed by atoms with E-state index >= 15 is 0 Å². The van der Waals surface area contributed by atoms with Crippen LogP contribution in [0, 0.1) is 0 Å². The van der Waals surface area contributed by atoms with Gasteiger partial charge < -0.3 is 10.4 Å². The molecule has 2 N–H and O–H groups in total. The number of rotatable bonds is 3. The SMILES string of the molecule is C=CC(=O)NCO.CC=CC=O. The zero-order valence-corrected chi connectivity index (χ0v) is 6.99. The van der Waals surface area contributed by atoms with Crippen LogP contribution in [0.3, 0.4) is 0 Å². The molecule has 4 nitrogen and oxygen atoms in total. The van der Waals surface area contributed by atoms with Crippen LogP contribution in [0.4, 0.5) is 0 Å². The Morgan fingerprint density at radius 3 is 2.33 bits per heavy atom. The number of aliphatic hydroxyl groups excluding tert-OH is 1. The molecule has 0 aromatic carbocycles. The van der Waals surface area contributed by atoms with Gasteiger partial charge in [-0.2, -0.15) is 0 Å². The molecule has 0 rings (SSSR count). The summed E-state index contributed by atoms with van der Waals surface area (Å²) in [5.41, 5.74) is 0. The maximum absolute atomic E-state index is 10.0. The molecule has 0 aliphatic heterocycles. The van der Waals surface area contributed by atoms with E-state index in [2.05, 4.69) is 11.9 Å². The number of aldehydes is 1. The summed E-state index contributed by atoms with van der Waals surface area (Å²) in [6.07, 6.45) is 4.98. The summed E-state index contributed by atoms with van der Waals surface area (Å²) in [6.45, 7) is 4.63. The van der Waals surface area contributed by atoms with Gasteiger partial charge in [0.25, 0.3) is 0 Å². The van der Waals surface area contributed by atoms with Crippen LogP contribution in [-0.4, -0.2) is 24.0 Å². The number of hydrogen-bond donors (Lipinski definition) is 2. The molecule has 0 atom stereocenters. The van der Waals surface area contributed by atoms with E-state index in [0.29, 0.717) is 0 Å². The quantitative estimate of drug-likeness (QED) is 0.357. The summed E-state index contributed by atoms with van der Waals surface area (Å²) < 4.78 is 0. The molecule has 0 heterocycles. The fourth-order valence-electron chi connectivity index (χ4n) is 0.229. The lowest BCUT2D eigenvalue weighted by atomic mass is 10.6. The van der Waals surface area contributed by atoms with Gasteiger partial charge in [0.2, 0.25) is 5.91 Å². The van der Waals surface area contributed by atoms with Crippen LogP contribution in [0.25, 0.3) is 0 Å². The molecule has 0 radical (unpaired) electrons. The number of aliphatic hydroxyl groups is 1. The van der Waals surface area contributed by atoms with E-state index in [1.165, 1.54) is 6.08 Å². The Bertz CT molecular complexity index is 164. The summed E-state index contributed by atoms with van der Waals surface area (Å²) >= 11 is 0. The molecule has 0 unspecified atom stereocenters. The topological polar surface area (TPSA) is 66.4 Å². The van der Waals surface area contributed by atoms with Crippen molar-refractivity contribution in [3.8, 4) is 0 Å². The van der Waals surface area contributed by atoms with Gasteiger partial charge in [-0.1, -0.05) is 12.7 Å². The van der Waals surface area contributed by atoms with Gasteiger partial charge in [0.15, 0.2) is 0 Å². The molecular formula is C8H13NO3. The molecule has 1 amide bonds. The molecule has 0 aromatic rings. The van der Waals surface area contributed by atoms with Crippen LogP contribution < -0.4 is 5.32 Å². The van der Waals surface area contributed by atoms with Crippen LogP contribution in [0.2, 0.25) is 0 Å². The smallest absolute Gasteiger partial charge is 0.245 e. The average molecular weight is 171 g/mol. The Kier molecular flexibility index (Phi) is 13.5. The van der Waals surface area contributed by atoms with Crippen molar-refractivity contribution >= 4 is 12.2 Å². The highest BCUT2D eigenvalue weighted by Gasteiger charge is 1.84. The molecule has 0 aliphatic rings. The third-order valence-electron chi connectivity index (χ3n) is 0.710. The zero-order valence-electron chi connectivity index (χ0n) is 6.99. The van der Waals surface area contributed by atoms with Crippen molar-refractivity contribution in [3.63, 3.8) is 0 Å². The lowest BCUT2D eigenvalue weighted by molar-refractivity contribution is -0.117. The first kappa shape index (κ1) is 13.2. The summed E-state index contributed by atoms with van der Waals surface area (Å²) in [4.78, 5) is 19.3. The van der Waals surface area contributed by atoms with Gasteiger partial charge in [0.05, 0.1) is 0 Å². The predicted octanol–water partition coefficient (Wildman–Crippen LogP) is -0.000200. The molecule has 0 aromatic heterocycles. The van der Waals surface area contributed by atoms with Crippen molar-refractivity contribution in [2.45, 2.75) is 6.92 Å². The highest BCUT2D eigenvalue weighted by atomic mass is 16.3. The van der Waals surface area contributed by atoms with Crippen molar-refractivity contribution in [3.05, 3.63) is 24.8 Å². The van der Waals surface area contributed by atoms with Gasteiger partial charge in [0.1, 0.15) is 13.0 Å². The Morgan fingerprint density at radius 1 is 1.67 bits per heavy atom. The van der Waals surface area contributed by atoms with E-state index in [1.807, 2.05) is 0 Å². The van der Waals surface area contributed by atoms with Crippen LogP contribution in [-0.2, 0) is 9.59 Å². The van der Waals surface area contributed by atoms with E-state index in [0.717, 1.165) is 12.4 Å². The second kappa shape index (κ2) is 12.3. The third-order valence-corrected chi connectivity index (χ3v) is 0.710. The van der Waals surface area contributed by atoms with Crippen LogP contribution in [0.1, 0.15) is 6.92 Å². The number of allylic oxidation sites excluding steroid dienone is 2. The van der Waals surface area contributed by atoms with Crippen molar-refractivity contribution in [2.24, 2.45) is 0 Å². The first-order valence-electron chi connectivity index (χ1n) is 3.30. The molecule has 0 fully saturated rings. The van der Waals surface area contributed by atoms with Crippen molar-refractivity contribution in [1.29, 1.82) is 0 Å². The minimum atomic E-state index is -0.359. The van der Waals surface area contributed by atoms with Crippen molar-refractivity contribution in [1.82, 2.24) is 5.32 Å². The normalized spacial score (nSPS) is 8.17. The van der Waals surface area contributed by atoms with Crippen LogP contribution in [0.15, 0.2) is 24.8 Å². The maximum Gasteiger partial charge on any atom is 0.245 e. The van der Waals surface area contributed by atoms with Gasteiger partial charge >= 0.3 is 0 Å². The Labute approximate surface area is 71.6 Å². The zero-order chi connectivity index (χ0) is 9.82. The lowest BCUT2D eigenvalue weighted by Crippen LogP contribution is -2.20. The van der Waals surface area contributed by atoms with Gasteiger partial charge in [-0.05, 0) is 19.1 Å². The molecule has 12 heavy (non-hydrogen) atoms. The Balaban J connectivity index is 0. The molecule has 0 bridgehead atoms. The number of amides is 1. The summed E-state index contributed by atoms with van der Waals surface area (Å²) in [7, 11) is 0. The van der Waals surface area contributed by atoms with Gasteiger partial charge in [-0.25, -0.2) is 0 Å². The Morgan fingerprint density at radius 2 is 2.25 bits per heavy atom. The first-order valence-corrected chi connectivity index (χ1v) is 3.30. The fraction of sp³-hybridized carbons (Fsp3) is 0.250. The van der Waals surface area contributed by atoms with Crippen molar-refractivity contribution in [2.75, 3.05) is 6.73 Å². The second-order valence-electron chi connectivity index (χ2n) is 1.57.